The fraction of sp³-hybridized carbons (Fsp3) is 0.250. The summed E-state index contributed by atoms with van der Waals surface area (Å²) in [7, 11) is 5.12. The maximum absolute atomic E-state index is 12.1. The molecule has 5 rings (SSSR count). The Morgan fingerprint density at radius 3 is 2.52 bits per heavy atom. The van der Waals surface area contributed by atoms with Gasteiger partial charge in [0.15, 0.2) is 0 Å². The summed E-state index contributed by atoms with van der Waals surface area (Å²) < 4.78 is 21.9. The molecular formula is C28H29IN7O4-. The van der Waals surface area contributed by atoms with Crippen LogP contribution >= 0.6 is 0 Å². The summed E-state index contributed by atoms with van der Waals surface area (Å²) in [4.78, 5) is 28.4. The average Bonchev–Trinajstić information content (AvgIpc) is 3.41. The molecule has 11 nitrogen and oxygen atoms in total. The summed E-state index contributed by atoms with van der Waals surface area (Å²) in [6, 6.07) is 11.7. The van der Waals surface area contributed by atoms with Crippen molar-refractivity contribution >= 4 is 32.6 Å². The van der Waals surface area contributed by atoms with Crippen LogP contribution in [0.2, 0.25) is 0 Å². The van der Waals surface area contributed by atoms with Crippen LogP contribution in [0.25, 0.3) is 22.3 Å². The van der Waals surface area contributed by atoms with Crippen molar-refractivity contribution in [2.75, 3.05) is 38.8 Å². The molecule has 4 aromatic rings. The number of halogens is 1. The summed E-state index contributed by atoms with van der Waals surface area (Å²) in [5.74, 6) is 1.07. The van der Waals surface area contributed by atoms with Crippen LogP contribution in [0.1, 0.15) is 6.92 Å². The molecule has 40 heavy (non-hydrogen) atoms. The van der Waals surface area contributed by atoms with Gasteiger partial charge in [-0.3, -0.25) is 4.68 Å². The van der Waals surface area contributed by atoms with E-state index in [9.17, 15) is 4.79 Å². The van der Waals surface area contributed by atoms with Gasteiger partial charge < -0.3 is 0 Å². The number of carbonyl (C=O) groups is 1. The topological polar surface area (TPSA) is 107 Å². The van der Waals surface area contributed by atoms with E-state index >= 15 is 0 Å². The van der Waals surface area contributed by atoms with Crippen LogP contribution in [0.15, 0.2) is 71.9 Å². The molecule has 1 aliphatic heterocycles. The fourth-order valence-corrected chi connectivity index (χ4v) is 5.92. The number of aromatic nitrogens is 4. The molecule has 0 saturated carbocycles. The van der Waals surface area contributed by atoms with Crippen LogP contribution in [-0.2, 0) is 16.6 Å². The molecule has 1 aliphatic rings. The minimum absolute atomic E-state index is 0.201. The Labute approximate surface area is 242 Å². The second-order valence-electron chi connectivity index (χ2n) is 8.80. The number of carbonyl (C=O) groups excluding carboxylic acids is 1. The Bertz CT molecular complexity index is 1560. The predicted octanol–water partition coefficient (Wildman–Crippen LogP) is 0.938. The number of hydrogen-bond donors (Lipinski definition) is 0. The van der Waals surface area contributed by atoms with Gasteiger partial charge in [-0.05, 0) is 0 Å². The zero-order valence-corrected chi connectivity index (χ0v) is 24.8. The SMILES string of the molecule is CCOC(=O)CN1C=C(CN(c2cc(OC)cc(OC)c2)c2ccc3ncc(-c4cnn(C)c4)nc3c2)N=C[I-]1. The summed E-state index contributed by atoms with van der Waals surface area (Å²) >= 11 is -0.544. The molecule has 3 heterocycles. The molecule has 2 aromatic carbocycles. The normalized spacial score (nSPS) is 13.0. The van der Waals surface area contributed by atoms with Gasteiger partial charge in [0.05, 0.1) is 0 Å². The molecule has 2 aromatic heterocycles. The monoisotopic (exact) mass is 654 g/mol. The zero-order valence-electron chi connectivity index (χ0n) is 22.6. The number of esters is 1. The summed E-state index contributed by atoms with van der Waals surface area (Å²) in [6.45, 7) is 2.79. The number of rotatable bonds is 10. The molecule has 0 aliphatic carbocycles. The van der Waals surface area contributed by atoms with Gasteiger partial charge in [-0.1, -0.05) is 0 Å². The van der Waals surface area contributed by atoms with E-state index in [1.807, 2.05) is 63.2 Å². The summed E-state index contributed by atoms with van der Waals surface area (Å²) in [5, 5.41) is 4.26. The van der Waals surface area contributed by atoms with Crippen molar-refractivity contribution < 1.29 is 40.5 Å². The third-order valence-electron chi connectivity index (χ3n) is 6.06. The molecule has 0 atom stereocenters. The molecule has 208 valence electrons. The van der Waals surface area contributed by atoms with Crippen LogP contribution in [-0.4, -0.2) is 67.0 Å². The molecule has 0 amide bonds. The fourth-order valence-electron chi connectivity index (χ4n) is 4.16. The molecule has 12 heteroatoms. The second-order valence-corrected chi connectivity index (χ2v) is 11.1. The van der Waals surface area contributed by atoms with E-state index < -0.39 is 21.5 Å². The van der Waals surface area contributed by atoms with E-state index in [1.165, 1.54) is 0 Å². The Morgan fingerprint density at radius 1 is 1.02 bits per heavy atom. The van der Waals surface area contributed by atoms with E-state index in [2.05, 4.69) is 20.0 Å². The van der Waals surface area contributed by atoms with Crippen LogP contribution < -0.4 is 35.9 Å². The Morgan fingerprint density at radius 2 is 1.82 bits per heavy atom. The van der Waals surface area contributed by atoms with Crippen molar-refractivity contribution in [3.63, 3.8) is 0 Å². The van der Waals surface area contributed by atoms with Gasteiger partial charge in [-0.2, -0.15) is 5.10 Å². The zero-order chi connectivity index (χ0) is 28.1. The number of nitrogens with zero attached hydrogens (tertiary/aromatic N) is 7. The Balaban J connectivity index is 1.54. The molecule has 0 N–H and O–H groups in total. The number of aryl methyl sites for hydroxylation is 1. The van der Waals surface area contributed by atoms with E-state index in [1.54, 1.807) is 38.2 Å². The minimum atomic E-state index is -0.544. The number of fused-ring (bicyclic) bond motifs is 1. The third kappa shape index (κ3) is 6.33. The van der Waals surface area contributed by atoms with Crippen molar-refractivity contribution in [2.45, 2.75) is 6.92 Å². The van der Waals surface area contributed by atoms with Crippen molar-refractivity contribution in [1.29, 1.82) is 0 Å². The Kier molecular flexibility index (Phi) is 8.43. The number of methoxy groups -OCH3 is 2. The number of ether oxygens (including phenoxy) is 3. The average molecular weight is 654 g/mol. The van der Waals surface area contributed by atoms with Gasteiger partial charge in [-0.25, -0.2) is 0 Å². The summed E-state index contributed by atoms with van der Waals surface area (Å²) in [5.41, 5.74) is 5.68. The first kappa shape index (κ1) is 27.4. The third-order valence-corrected chi connectivity index (χ3v) is 7.93. The maximum atomic E-state index is 12.1. The second kappa shape index (κ2) is 12.3. The van der Waals surface area contributed by atoms with Crippen LogP contribution in [0, 0.1) is 0 Å². The molecule has 0 saturated heterocycles. The van der Waals surface area contributed by atoms with Crippen molar-refractivity contribution in [1.82, 2.24) is 22.9 Å². The number of aliphatic imine (C=N–C) groups is 1. The van der Waals surface area contributed by atoms with Gasteiger partial charge in [0.2, 0.25) is 0 Å². The number of anilines is 2. The van der Waals surface area contributed by atoms with Crippen LogP contribution in [0.3, 0.4) is 0 Å². The summed E-state index contributed by atoms with van der Waals surface area (Å²) in [6.07, 6.45) is 7.38. The molecule has 0 bridgehead atoms. The van der Waals surface area contributed by atoms with Gasteiger partial charge in [0, 0.05) is 7.05 Å². The number of hydrogen-bond acceptors (Lipinski definition) is 10. The van der Waals surface area contributed by atoms with Crippen molar-refractivity contribution in [2.24, 2.45) is 12.0 Å². The molecule has 0 unspecified atom stereocenters. The van der Waals surface area contributed by atoms with E-state index in [4.69, 9.17) is 19.2 Å². The molecule has 0 radical (unpaired) electrons. The van der Waals surface area contributed by atoms with E-state index in [0.29, 0.717) is 24.7 Å². The van der Waals surface area contributed by atoms with Gasteiger partial charge in [0.25, 0.3) is 0 Å². The van der Waals surface area contributed by atoms with Gasteiger partial charge >= 0.3 is 227 Å². The van der Waals surface area contributed by atoms with Crippen molar-refractivity contribution in [3.8, 4) is 22.8 Å². The van der Waals surface area contributed by atoms with Gasteiger partial charge in [0.1, 0.15) is 0 Å². The van der Waals surface area contributed by atoms with Crippen LogP contribution in [0.4, 0.5) is 11.4 Å². The quantitative estimate of drug-likeness (QED) is 0.140. The van der Waals surface area contributed by atoms with E-state index in [-0.39, 0.29) is 12.5 Å². The standard InChI is InChI=1S/C28H29IN7O4/c1-5-40-28(37)17-35-15-20(31-18-29-35)16-36(22-8-23(38-3)11-24(9-22)39-4)21-6-7-25-26(10-21)33-27(13-30-25)19-12-32-34(2)14-19/h6-15,18H,5,16-17H2,1-4H3/q-1. The molecular weight excluding hydrogens is 625 g/mol. The van der Waals surface area contributed by atoms with E-state index in [0.717, 1.165) is 39.4 Å². The predicted molar refractivity (Wildman–Crippen MR) is 148 cm³/mol. The first-order valence-electron chi connectivity index (χ1n) is 12.5. The first-order chi connectivity index (χ1) is 19.4. The molecule has 0 fully saturated rings. The Hall–Kier alpha value is -4.20. The van der Waals surface area contributed by atoms with Crippen molar-refractivity contribution in [3.05, 3.63) is 66.9 Å². The van der Waals surface area contributed by atoms with Gasteiger partial charge in [-0.15, -0.1) is 0 Å². The molecule has 0 spiro atoms. The van der Waals surface area contributed by atoms with Crippen LogP contribution in [0.5, 0.6) is 11.5 Å². The first-order valence-corrected chi connectivity index (χ1v) is 14.7. The number of benzene rings is 2.